The highest BCUT2D eigenvalue weighted by Crippen LogP contribution is 2.26. The molecule has 0 unspecified atom stereocenters. The fraction of sp³-hybridized carbons (Fsp3) is 0.273. The quantitative estimate of drug-likeness (QED) is 0.683. The van der Waals surface area contributed by atoms with E-state index in [1.54, 1.807) is 15.9 Å². The van der Waals surface area contributed by atoms with E-state index in [1.165, 1.54) is 17.7 Å². The van der Waals surface area contributed by atoms with Crippen LogP contribution >= 0.6 is 0 Å². The zero-order valence-electron chi connectivity index (χ0n) is 16.2. The minimum atomic E-state index is -0.315. The molecule has 0 aliphatic carbocycles. The number of carbonyl (C=O) groups excluding carboxylic acids is 2. The van der Waals surface area contributed by atoms with Gasteiger partial charge in [0.2, 0.25) is 11.8 Å². The Morgan fingerprint density at radius 3 is 2.34 bits per heavy atom. The van der Waals surface area contributed by atoms with E-state index >= 15 is 0 Å². The lowest BCUT2D eigenvalue weighted by molar-refractivity contribution is -0.139. The maximum absolute atomic E-state index is 12.7. The van der Waals surface area contributed by atoms with E-state index in [4.69, 9.17) is 0 Å². The van der Waals surface area contributed by atoms with E-state index in [1.807, 2.05) is 42.5 Å². The standard InChI is InChI=1S/C22H22N4O3/c1-16(27)24-11-13-25(14-12-24)22(29)15-26-21(28)10-9-20(23-26)19-8-4-6-17-5-2-3-7-18(17)19/h2-10H,11-15H2,1H3. The summed E-state index contributed by atoms with van der Waals surface area (Å²) in [5.74, 6) is -0.157. The Balaban J connectivity index is 1.57. The Kier molecular flexibility index (Phi) is 5.12. The molecule has 0 radical (unpaired) electrons. The zero-order chi connectivity index (χ0) is 20.4. The summed E-state index contributed by atoms with van der Waals surface area (Å²) in [5.41, 5.74) is 1.25. The molecule has 2 heterocycles. The molecule has 148 valence electrons. The van der Waals surface area contributed by atoms with Gasteiger partial charge in [-0.25, -0.2) is 4.68 Å². The van der Waals surface area contributed by atoms with Gasteiger partial charge in [0.25, 0.3) is 5.56 Å². The third-order valence-electron chi connectivity index (χ3n) is 5.29. The molecule has 0 bridgehead atoms. The molecule has 1 aliphatic rings. The first-order valence-corrected chi connectivity index (χ1v) is 9.62. The lowest BCUT2D eigenvalue weighted by Crippen LogP contribution is -2.51. The molecule has 2 amide bonds. The molecule has 2 aromatic carbocycles. The maximum Gasteiger partial charge on any atom is 0.267 e. The van der Waals surface area contributed by atoms with Gasteiger partial charge in [0.1, 0.15) is 6.54 Å². The SMILES string of the molecule is CC(=O)N1CCN(C(=O)Cn2nc(-c3cccc4ccccc34)ccc2=O)CC1. The minimum absolute atomic E-state index is 0.0118. The Morgan fingerprint density at radius 1 is 0.897 bits per heavy atom. The van der Waals surface area contributed by atoms with E-state index in [9.17, 15) is 14.4 Å². The van der Waals surface area contributed by atoms with Gasteiger partial charge in [0, 0.05) is 44.7 Å². The minimum Gasteiger partial charge on any atom is -0.339 e. The zero-order valence-corrected chi connectivity index (χ0v) is 16.2. The Hall–Kier alpha value is -3.48. The first kappa shape index (κ1) is 18.9. The molecule has 7 nitrogen and oxygen atoms in total. The van der Waals surface area contributed by atoms with Crippen LogP contribution in [-0.4, -0.2) is 57.6 Å². The fourth-order valence-electron chi connectivity index (χ4n) is 3.65. The van der Waals surface area contributed by atoms with Crippen LogP contribution in [-0.2, 0) is 16.1 Å². The molecule has 1 aromatic heterocycles. The number of amides is 2. The van der Waals surface area contributed by atoms with Crippen molar-refractivity contribution in [3.8, 4) is 11.3 Å². The highest BCUT2D eigenvalue weighted by Gasteiger charge is 2.23. The van der Waals surface area contributed by atoms with Crippen LogP contribution in [0.25, 0.3) is 22.0 Å². The van der Waals surface area contributed by atoms with E-state index in [2.05, 4.69) is 5.10 Å². The summed E-state index contributed by atoms with van der Waals surface area (Å²) < 4.78 is 1.22. The normalized spacial score (nSPS) is 14.2. The summed E-state index contributed by atoms with van der Waals surface area (Å²) in [6, 6.07) is 17.1. The van der Waals surface area contributed by atoms with E-state index in [0.29, 0.717) is 31.9 Å². The monoisotopic (exact) mass is 390 g/mol. The number of piperazine rings is 1. The van der Waals surface area contributed by atoms with Gasteiger partial charge >= 0.3 is 0 Å². The second-order valence-corrected chi connectivity index (χ2v) is 7.13. The fourth-order valence-corrected chi connectivity index (χ4v) is 3.65. The topological polar surface area (TPSA) is 75.5 Å². The molecular formula is C22H22N4O3. The van der Waals surface area contributed by atoms with Gasteiger partial charge in [-0.05, 0) is 16.8 Å². The van der Waals surface area contributed by atoms with Gasteiger partial charge in [-0.15, -0.1) is 0 Å². The highest BCUT2D eigenvalue weighted by atomic mass is 16.2. The van der Waals surface area contributed by atoms with Crippen LogP contribution < -0.4 is 5.56 Å². The molecule has 0 N–H and O–H groups in total. The van der Waals surface area contributed by atoms with Gasteiger partial charge in [0.15, 0.2) is 0 Å². The molecule has 1 saturated heterocycles. The van der Waals surface area contributed by atoms with Crippen molar-refractivity contribution in [3.63, 3.8) is 0 Å². The summed E-state index contributed by atoms with van der Waals surface area (Å²) in [4.78, 5) is 39.8. The Labute approximate surface area is 168 Å². The second-order valence-electron chi connectivity index (χ2n) is 7.13. The number of hydrogen-bond donors (Lipinski definition) is 0. The smallest absolute Gasteiger partial charge is 0.267 e. The molecule has 1 fully saturated rings. The molecule has 0 atom stereocenters. The van der Waals surface area contributed by atoms with Crippen LogP contribution in [0.3, 0.4) is 0 Å². The Bertz CT molecular complexity index is 1120. The van der Waals surface area contributed by atoms with Crippen LogP contribution in [0.4, 0.5) is 0 Å². The highest BCUT2D eigenvalue weighted by molar-refractivity contribution is 5.95. The second kappa shape index (κ2) is 7.87. The first-order chi connectivity index (χ1) is 14.0. The summed E-state index contributed by atoms with van der Waals surface area (Å²) in [6.45, 7) is 3.38. The van der Waals surface area contributed by atoms with Crippen LogP contribution in [0.5, 0.6) is 0 Å². The maximum atomic E-state index is 12.7. The van der Waals surface area contributed by atoms with Gasteiger partial charge in [-0.3, -0.25) is 14.4 Å². The molecule has 4 rings (SSSR count). The lowest BCUT2D eigenvalue weighted by Gasteiger charge is -2.34. The van der Waals surface area contributed by atoms with Crippen LogP contribution in [0.1, 0.15) is 6.92 Å². The number of fused-ring (bicyclic) bond motifs is 1. The van der Waals surface area contributed by atoms with E-state index in [-0.39, 0.29) is 23.9 Å². The van der Waals surface area contributed by atoms with Crippen molar-refractivity contribution >= 4 is 22.6 Å². The molecule has 7 heteroatoms. The third kappa shape index (κ3) is 3.89. The molecular weight excluding hydrogens is 368 g/mol. The number of carbonyl (C=O) groups is 2. The van der Waals surface area contributed by atoms with Gasteiger partial charge < -0.3 is 9.80 Å². The van der Waals surface area contributed by atoms with Crippen molar-refractivity contribution in [1.29, 1.82) is 0 Å². The largest absolute Gasteiger partial charge is 0.339 e. The number of hydrogen-bond acceptors (Lipinski definition) is 4. The average molecular weight is 390 g/mol. The van der Waals surface area contributed by atoms with Gasteiger partial charge in [-0.1, -0.05) is 42.5 Å². The summed E-state index contributed by atoms with van der Waals surface area (Å²) >= 11 is 0. The molecule has 3 aromatic rings. The van der Waals surface area contributed by atoms with Crippen LogP contribution in [0.15, 0.2) is 59.4 Å². The van der Waals surface area contributed by atoms with E-state index < -0.39 is 0 Å². The van der Waals surface area contributed by atoms with Gasteiger partial charge in [-0.2, -0.15) is 5.10 Å². The number of benzene rings is 2. The summed E-state index contributed by atoms with van der Waals surface area (Å²) in [5, 5.41) is 6.59. The molecule has 0 spiro atoms. The number of nitrogens with zero attached hydrogens (tertiary/aromatic N) is 4. The first-order valence-electron chi connectivity index (χ1n) is 9.62. The van der Waals surface area contributed by atoms with Crippen LogP contribution in [0.2, 0.25) is 0 Å². The predicted octanol–water partition coefficient (Wildman–Crippen LogP) is 1.75. The van der Waals surface area contributed by atoms with Crippen molar-refractivity contribution in [2.75, 3.05) is 26.2 Å². The van der Waals surface area contributed by atoms with Crippen molar-refractivity contribution in [1.82, 2.24) is 19.6 Å². The summed E-state index contributed by atoms with van der Waals surface area (Å²) in [7, 11) is 0. The lowest BCUT2D eigenvalue weighted by atomic mass is 10.0. The van der Waals surface area contributed by atoms with Crippen LogP contribution in [0, 0.1) is 0 Å². The molecule has 1 aliphatic heterocycles. The number of aromatic nitrogens is 2. The third-order valence-corrected chi connectivity index (χ3v) is 5.29. The average Bonchev–Trinajstić information content (AvgIpc) is 2.75. The van der Waals surface area contributed by atoms with Crippen molar-refractivity contribution in [3.05, 3.63) is 65.0 Å². The van der Waals surface area contributed by atoms with Crippen molar-refractivity contribution in [2.24, 2.45) is 0 Å². The van der Waals surface area contributed by atoms with E-state index in [0.717, 1.165) is 16.3 Å². The van der Waals surface area contributed by atoms with Crippen molar-refractivity contribution in [2.45, 2.75) is 13.5 Å². The van der Waals surface area contributed by atoms with Gasteiger partial charge in [0.05, 0.1) is 5.69 Å². The Morgan fingerprint density at radius 2 is 1.59 bits per heavy atom. The van der Waals surface area contributed by atoms with Crippen molar-refractivity contribution < 1.29 is 9.59 Å². The number of rotatable bonds is 3. The summed E-state index contributed by atoms with van der Waals surface area (Å²) in [6.07, 6.45) is 0. The molecule has 0 saturated carbocycles. The predicted molar refractivity (Wildman–Crippen MR) is 110 cm³/mol. The molecule has 29 heavy (non-hydrogen) atoms.